The van der Waals surface area contributed by atoms with Crippen molar-refractivity contribution in [3.63, 3.8) is 0 Å². The second kappa shape index (κ2) is 3.94. The van der Waals surface area contributed by atoms with Gasteiger partial charge in [0.25, 0.3) is 5.71 Å². The number of nitrogens with zero attached hydrogens (tertiary/aromatic N) is 1. The first kappa shape index (κ1) is 9.58. The lowest BCUT2D eigenvalue weighted by Gasteiger charge is -1.99. The number of hydrogen-bond acceptors (Lipinski definition) is 2. The van der Waals surface area contributed by atoms with E-state index in [-0.39, 0.29) is 5.91 Å². The molecule has 0 saturated carbocycles. The summed E-state index contributed by atoms with van der Waals surface area (Å²) < 4.78 is 1.68. The highest BCUT2D eigenvalue weighted by molar-refractivity contribution is 7.73. The summed E-state index contributed by atoms with van der Waals surface area (Å²) in [5.41, 5.74) is 5.84. The monoisotopic (exact) mass is 187 g/mol. The molecule has 0 radical (unpaired) electrons. The van der Waals surface area contributed by atoms with Crippen LogP contribution in [0.3, 0.4) is 0 Å². The number of carbonyl (C=O) groups excluding carboxylic acids is 1. The van der Waals surface area contributed by atoms with Gasteiger partial charge in [-0.05, 0) is 6.42 Å². The summed E-state index contributed by atoms with van der Waals surface area (Å²) in [6.45, 7) is 3.00. The highest BCUT2D eigenvalue weighted by atomic mass is 32.1. The van der Waals surface area contributed by atoms with Gasteiger partial charge in [0.05, 0.1) is 0 Å². The quantitative estimate of drug-likeness (QED) is 0.493. The van der Waals surface area contributed by atoms with Gasteiger partial charge >= 0.3 is 5.91 Å². The van der Waals surface area contributed by atoms with E-state index >= 15 is 0 Å². The molecule has 1 aliphatic rings. The van der Waals surface area contributed by atoms with Crippen LogP contribution in [0.4, 0.5) is 0 Å². The topological polar surface area (TPSA) is 46.1 Å². The van der Waals surface area contributed by atoms with E-state index in [1.807, 2.05) is 0 Å². The maximum atomic E-state index is 10.9. The van der Waals surface area contributed by atoms with E-state index in [4.69, 9.17) is 5.73 Å². The molecular formula is C8H15N2OS+. The van der Waals surface area contributed by atoms with Gasteiger partial charge in [-0.15, -0.1) is 0 Å². The van der Waals surface area contributed by atoms with E-state index in [0.29, 0.717) is 11.6 Å². The Morgan fingerprint density at radius 3 is 2.92 bits per heavy atom. The van der Waals surface area contributed by atoms with Gasteiger partial charge in [0, 0.05) is 12.3 Å². The molecule has 0 aromatic carbocycles. The standard InChI is InChI=1S/C8H14N2OS/c1-2-3-6-4-7(8(9)11)10(12)5-6/h6H,2-5H2,1H3,(H2-,9,11,12)/p+1. The third-order valence-corrected chi connectivity index (χ3v) is 2.61. The van der Waals surface area contributed by atoms with E-state index in [9.17, 15) is 4.79 Å². The molecule has 0 bridgehead atoms. The molecular weight excluding hydrogens is 172 g/mol. The van der Waals surface area contributed by atoms with Gasteiger partial charge in [-0.3, -0.25) is 4.79 Å². The first-order chi connectivity index (χ1) is 5.65. The lowest BCUT2D eigenvalue weighted by molar-refractivity contribution is -0.339. The Morgan fingerprint density at radius 1 is 1.83 bits per heavy atom. The highest BCUT2D eigenvalue weighted by Gasteiger charge is 2.32. The van der Waals surface area contributed by atoms with E-state index in [0.717, 1.165) is 25.8 Å². The number of carbonyl (C=O) groups is 1. The highest BCUT2D eigenvalue weighted by Crippen LogP contribution is 2.19. The van der Waals surface area contributed by atoms with Crippen molar-refractivity contribution in [1.82, 2.24) is 0 Å². The van der Waals surface area contributed by atoms with Gasteiger partial charge in [0.1, 0.15) is 12.8 Å². The summed E-state index contributed by atoms with van der Waals surface area (Å²) >= 11 is 4.17. The molecule has 1 aliphatic heterocycles. The minimum atomic E-state index is -0.330. The van der Waals surface area contributed by atoms with Crippen molar-refractivity contribution >= 4 is 24.4 Å². The van der Waals surface area contributed by atoms with Gasteiger partial charge in [0.2, 0.25) is 0 Å². The fourth-order valence-corrected chi connectivity index (χ4v) is 2.04. The lowest BCUT2D eigenvalue weighted by atomic mass is 10.0. The molecule has 4 heteroatoms. The summed E-state index contributed by atoms with van der Waals surface area (Å²) in [7, 11) is 0. The van der Waals surface area contributed by atoms with Gasteiger partial charge in [-0.2, -0.15) is 3.98 Å². The number of rotatable bonds is 3. The van der Waals surface area contributed by atoms with Crippen LogP contribution in [0.15, 0.2) is 0 Å². The number of amides is 1. The first-order valence-electron chi connectivity index (χ1n) is 4.27. The lowest BCUT2D eigenvalue weighted by Crippen LogP contribution is -2.25. The zero-order chi connectivity index (χ0) is 9.14. The molecule has 0 fully saturated rings. The summed E-state index contributed by atoms with van der Waals surface area (Å²) in [5, 5.41) is 0. The second-order valence-electron chi connectivity index (χ2n) is 3.25. The molecule has 68 valence electrons. The minimum absolute atomic E-state index is 0.330. The van der Waals surface area contributed by atoms with Crippen molar-refractivity contribution in [2.24, 2.45) is 11.7 Å². The van der Waals surface area contributed by atoms with Crippen LogP contribution in [0.5, 0.6) is 0 Å². The Balaban J connectivity index is 2.56. The second-order valence-corrected chi connectivity index (χ2v) is 3.73. The smallest absolute Gasteiger partial charge is 0.309 e. The maximum absolute atomic E-state index is 10.9. The van der Waals surface area contributed by atoms with Crippen LogP contribution in [-0.4, -0.2) is 22.1 Å². The molecule has 2 N–H and O–H groups in total. The molecule has 1 atom stereocenters. The Morgan fingerprint density at radius 2 is 2.50 bits per heavy atom. The predicted octanol–water partition coefficient (Wildman–Crippen LogP) is 0.590. The molecule has 1 heterocycles. The molecule has 12 heavy (non-hydrogen) atoms. The van der Waals surface area contributed by atoms with Crippen LogP contribution < -0.4 is 5.73 Å². The summed E-state index contributed by atoms with van der Waals surface area (Å²) in [5.74, 6) is 0.235. The fourth-order valence-electron chi connectivity index (χ4n) is 1.63. The number of thiol groups is 1. The van der Waals surface area contributed by atoms with Crippen molar-refractivity contribution in [1.29, 1.82) is 0 Å². The molecule has 0 spiro atoms. The third-order valence-electron chi connectivity index (χ3n) is 2.21. The molecule has 0 saturated heterocycles. The summed E-state index contributed by atoms with van der Waals surface area (Å²) in [4.78, 5) is 10.9. The third kappa shape index (κ3) is 2.00. The van der Waals surface area contributed by atoms with Crippen molar-refractivity contribution in [3.05, 3.63) is 0 Å². The Hall–Kier alpha value is -0.510. The van der Waals surface area contributed by atoms with Gasteiger partial charge in [-0.1, -0.05) is 13.3 Å². The SMILES string of the molecule is CCCC1CC(C(N)=O)=[N+](S)C1. The predicted molar refractivity (Wildman–Crippen MR) is 51.3 cm³/mol. The molecule has 1 unspecified atom stereocenters. The average Bonchev–Trinajstić information content (AvgIpc) is 2.32. The van der Waals surface area contributed by atoms with E-state index in [1.165, 1.54) is 0 Å². The maximum Gasteiger partial charge on any atom is 0.309 e. The van der Waals surface area contributed by atoms with E-state index in [2.05, 4.69) is 19.7 Å². The van der Waals surface area contributed by atoms with Crippen molar-refractivity contribution in [2.45, 2.75) is 26.2 Å². The van der Waals surface area contributed by atoms with E-state index < -0.39 is 0 Å². The van der Waals surface area contributed by atoms with Crippen LogP contribution >= 0.6 is 12.8 Å². The molecule has 3 nitrogen and oxygen atoms in total. The van der Waals surface area contributed by atoms with Crippen molar-refractivity contribution in [3.8, 4) is 0 Å². The molecule has 1 amide bonds. The number of primary amides is 1. The van der Waals surface area contributed by atoms with E-state index in [1.54, 1.807) is 3.98 Å². The molecule has 0 aromatic rings. The Labute approximate surface area is 78.2 Å². The number of nitrogens with two attached hydrogens (primary N) is 1. The molecule has 1 rings (SSSR count). The normalized spacial score (nSPS) is 23.3. The zero-order valence-corrected chi connectivity index (χ0v) is 8.18. The van der Waals surface area contributed by atoms with Crippen LogP contribution in [0.25, 0.3) is 0 Å². The Kier molecular flexibility index (Phi) is 3.14. The molecule has 0 aliphatic carbocycles. The minimum Gasteiger partial charge on any atom is -0.361 e. The van der Waals surface area contributed by atoms with Crippen molar-refractivity contribution < 1.29 is 8.78 Å². The molecule has 0 aromatic heterocycles. The van der Waals surface area contributed by atoms with Crippen LogP contribution in [0.2, 0.25) is 0 Å². The fraction of sp³-hybridized carbons (Fsp3) is 0.750. The van der Waals surface area contributed by atoms with Crippen LogP contribution in [0.1, 0.15) is 26.2 Å². The van der Waals surface area contributed by atoms with Crippen LogP contribution in [-0.2, 0) is 4.79 Å². The van der Waals surface area contributed by atoms with Crippen molar-refractivity contribution in [2.75, 3.05) is 6.54 Å². The largest absolute Gasteiger partial charge is 0.361 e. The van der Waals surface area contributed by atoms with Crippen LogP contribution in [0, 0.1) is 5.92 Å². The average molecular weight is 187 g/mol. The van der Waals surface area contributed by atoms with Gasteiger partial charge < -0.3 is 5.73 Å². The van der Waals surface area contributed by atoms with Gasteiger partial charge in [-0.25, -0.2) is 0 Å². The summed E-state index contributed by atoms with van der Waals surface area (Å²) in [6.07, 6.45) is 3.10. The first-order valence-corrected chi connectivity index (χ1v) is 4.67. The summed E-state index contributed by atoms with van der Waals surface area (Å²) in [6, 6.07) is 0. The number of hydrogen-bond donors (Lipinski definition) is 2. The van der Waals surface area contributed by atoms with Gasteiger partial charge in [0.15, 0.2) is 6.54 Å². The zero-order valence-electron chi connectivity index (χ0n) is 7.29. The Bertz CT molecular complexity index is 225.